The number of rotatable bonds is 0. The van der Waals surface area contributed by atoms with Crippen LogP contribution >= 0.6 is 12.6 Å². The lowest BCUT2D eigenvalue weighted by atomic mass is 9.88. The summed E-state index contributed by atoms with van der Waals surface area (Å²) in [6, 6.07) is 1.95. The molecule has 0 aromatic heterocycles. The summed E-state index contributed by atoms with van der Waals surface area (Å²) >= 11 is 4.13. The summed E-state index contributed by atoms with van der Waals surface area (Å²) in [6.07, 6.45) is 1.34. The second-order valence-electron chi connectivity index (χ2n) is 2.67. The van der Waals surface area contributed by atoms with E-state index in [0.29, 0.717) is 6.42 Å². The van der Waals surface area contributed by atoms with Gasteiger partial charge in [-0.05, 0) is 19.3 Å². The van der Waals surface area contributed by atoms with Gasteiger partial charge in [0.25, 0.3) is 0 Å². The highest BCUT2D eigenvalue weighted by Gasteiger charge is 2.30. The first kappa shape index (κ1) is 10.7. The van der Waals surface area contributed by atoms with E-state index in [0.717, 1.165) is 12.8 Å². The third-order valence-electron chi connectivity index (χ3n) is 1.93. The number of nitriles is 1. The van der Waals surface area contributed by atoms with Crippen molar-refractivity contribution in [3.8, 4) is 6.07 Å². The van der Waals surface area contributed by atoms with Gasteiger partial charge >= 0.3 is 0 Å². The monoisotopic (exact) mass is 176 g/mol. The molecule has 0 aliphatic heterocycles. The molecule has 1 aliphatic rings. The summed E-state index contributed by atoms with van der Waals surface area (Å²) in [4.78, 5) is 0. The van der Waals surface area contributed by atoms with Gasteiger partial charge < -0.3 is 6.15 Å². The summed E-state index contributed by atoms with van der Waals surface area (Å²) in [7, 11) is 0. The minimum atomic E-state index is -0.943. The largest absolute Gasteiger partial charge is 0.344 e. The van der Waals surface area contributed by atoms with Crippen LogP contribution in [0.1, 0.15) is 19.3 Å². The van der Waals surface area contributed by atoms with Gasteiger partial charge in [-0.15, -0.1) is 0 Å². The van der Waals surface area contributed by atoms with E-state index in [9.17, 15) is 4.39 Å². The van der Waals surface area contributed by atoms with Crippen LogP contribution < -0.4 is 6.15 Å². The Kier molecular flexibility index (Phi) is 4.46. The minimum Gasteiger partial charge on any atom is -0.344 e. The molecule has 0 saturated heterocycles. The molecule has 4 heteroatoms. The highest BCUT2D eigenvalue weighted by molar-refractivity contribution is 7.81. The van der Waals surface area contributed by atoms with Gasteiger partial charge in [0.05, 0.1) is 12.0 Å². The van der Waals surface area contributed by atoms with Gasteiger partial charge in [0.15, 0.2) is 0 Å². The zero-order valence-corrected chi connectivity index (χ0v) is 7.23. The first-order valence-electron chi connectivity index (χ1n) is 3.47. The molecule has 1 aliphatic carbocycles. The molecule has 3 N–H and O–H groups in total. The molecular weight excluding hydrogens is 163 g/mol. The molecule has 1 fully saturated rings. The van der Waals surface area contributed by atoms with Crippen molar-refractivity contribution in [2.24, 2.45) is 5.92 Å². The molecule has 0 spiro atoms. The summed E-state index contributed by atoms with van der Waals surface area (Å²) in [5.74, 6) is -0.475. The summed E-state index contributed by atoms with van der Waals surface area (Å²) in [5.41, 5.74) is 0. The van der Waals surface area contributed by atoms with Crippen LogP contribution in [0.2, 0.25) is 0 Å². The van der Waals surface area contributed by atoms with Gasteiger partial charge in [0, 0.05) is 5.25 Å². The van der Waals surface area contributed by atoms with Crippen LogP contribution in [0.15, 0.2) is 0 Å². The highest BCUT2D eigenvalue weighted by Crippen LogP contribution is 2.30. The minimum absolute atomic E-state index is 0. The van der Waals surface area contributed by atoms with E-state index in [1.54, 1.807) is 0 Å². The Morgan fingerprint density at radius 3 is 2.45 bits per heavy atom. The van der Waals surface area contributed by atoms with Gasteiger partial charge in [-0.2, -0.15) is 17.9 Å². The quantitative estimate of drug-likeness (QED) is 0.555. The first-order chi connectivity index (χ1) is 4.75. The Morgan fingerprint density at radius 2 is 2.09 bits per heavy atom. The maximum Gasteiger partial charge on any atom is 0.117 e. The van der Waals surface area contributed by atoms with E-state index in [1.807, 2.05) is 6.07 Å². The summed E-state index contributed by atoms with van der Waals surface area (Å²) in [6.45, 7) is 0. The number of halogens is 1. The Labute approximate surface area is 71.8 Å². The predicted octanol–water partition coefficient (Wildman–Crippen LogP) is 2.11. The SMILES string of the molecule is N.N#CC1C(F)CCCC1S. The second kappa shape index (κ2) is 4.58. The first-order valence-corrected chi connectivity index (χ1v) is 3.99. The molecular formula is C7H13FN2S. The number of thiol groups is 1. The average Bonchev–Trinajstić information content (AvgIpc) is 1.88. The van der Waals surface area contributed by atoms with E-state index in [-0.39, 0.29) is 11.4 Å². The van der Waals surface area contributed by atoms with Gasteiger partial charge in [0.1, 0.15) is 6.17 Å². The second-order valence-corrected chi connectivity index (χ2v) is 3.33. The zero-order chi connectivity index (χ0) is 7.56. The van der Waals surface area contributed by atoms with Crippen molar-refractivity contribution in [3.05, 3.63) is 0 Å². The van der Waals surface area contributed by atoms with E-state index in [2.05, 4.69) is 12.6 Å². The fourth-order valence-electron chi connectivity index (χ4n) is 1.29. The van der Waals surface area contributed by atoms with Crippen molar-refractivity contribution in [2.45, 2.75) is 30.7 Å². The molecule has 0 heterocycles. The molecule has 1 saturated carbocycles. The highest BCUT2D eigenvalue weighted by atomic mass is 32.1. The van der Waals surface area contributed by atoms with Crippen LogP contribution in [-0.2, 0) is 0 Å². The van der Waals surface area contributed by atoms with E-state index in [1.165, 1.54) is 0 Å². The van der Waals surface area contributed by atoms with Crippen LogP contribution in [0.4, 0.5) is 4.39 Å². The van der Waals surface area contributed by atoms with Crippen molar-refractivity contribution in [1.29, 1.82) is 5.26 Å². The molecule has 1 rings (SSSR count). The van der Waals surface area contributed by atoms with Crippen LogP contribution in [-0.4, -0.2) is 11.4 Å². The molecule has 3 atom stereocenters. The molecule has 2 nitrogen and oxygen atoms in total. The smallest absolute Gasteiger partial charge is 0.117 e. The fourth-order valence-corrected chi connectivity index (χ4v) is 1.73. The van der Waals surface area contributed by atoms with Gasteiger partial charge in [-0.25, -0.2) is 4.39 Å². The topological polar surface area (TPSA) is 58.8 Å². The third kappa shape index (κ3) is 2.35. The average molecular weight is 176 g/mol. The molecule has 11 heavy (non-hydrogen) atoms. The number of hydrogen-bond donors (Lipinski definition) is 2. The maximum atomic E-state index is 12.8. The lowest BCUT2D eigenvalue weighted by Gasteiger charge is -2.25. The Morgan fingerprint density at radius 1 is 1.45 bits per heavy atom. The predicted molar refractivity (Wildman–Crippen MR) is 45.6 cm³/mol. The lowest BCUT2D eigenvalue weighted by Crippen LogP contribution is -2.28. The van der Waals surface area contributed by atoms with Crippen molar-refractivity contribution in [3.63, 3.8) is 0 Å². The van der Waals surface area contributed by atoms with Crippen molar-refractivity contribution in [1.82, 2.24) is 6.15 Å². The molecule has 64 valence electrons. The van der Waals surface area contributed by atoms with Gasteiger partial charge in [0.2, 0.25) is 0 Å². The number of hydrogen-bond acceptors (Lipinski definition) is 3. The molecule has 0 radical (unpaired) electrons. The van der Waals surface area contributed by atoms with Crippen LogP contribution in [0.25, 0.3) is 0 Å². The summed E-state index contributed by atoms with van der Waals surface area (Å²) in [5, 5.41) is 8.45. The van der Waals surface area contributed by atoms with E-state index < -0.39 is 12.1 Å². The van der Waals surface area contributed by atoms with Gasteiger partial charge in [-0.1, -0.05) is 0 Å². The normalized spacial score (nSPS) is 37.0. The van der Waals surface area contributed by atoms with Crippen molar-refractivity contribution in [2.75, 3.05) is 0 Å². The third-order valence-corrected chi connectivity index (χ3v) is 2.51. The number of nitrogens with zero attached hydrogens (tertiary/aromatic N) is 1. The summed E-state index contributed by atoms with van der Waals surface area (Å²) < 4.78 is 12.8. The van der Waals surface area contributed by atoms with Crippen molar-refractivity contribution < 1.29 is 4.39 Å². The van der Waals surface area contributed by atoms with Crippen LogP contribution in [0, 0.1) is 17.2 Å². The lowest BCUT2D eigenvalue weighted by molar-refractivity contribution is 0.210. The fraction of sp³-hybridized carbons (Fsp3) is 0.857. The molecule has 0 amide bonds. The van der Waals surface area contributed by atoms with Gasteiger partial charge in [-0.3, -0.25) is 0 Å². The Hall–Kier alpha value is -0.270. The molecule has 3 unspecified atom stereocenters. The molecule has 0 bridgehead atoms. The Bertz CT molecular complexity index is 147. The van der Waals surface area contributed by atoms with E-state index >= 15 is 0 Å². The van der Waals surface area contributed by atoms with E-state index in [4.69, 9.17) is 5.26 Å². The zero-order valence-electron chi connectivity index (χ0n) is 6.33. The van der Waals surface area contributed by atoms with Crippen molar-refractivity contribution >= 4 is 12.6 Å². The standard InChI is InChI=1S/C7H10FNS.H3N/c8-6-2-1-3-7(10)5(6)4-9;/h5-7,10H,1-3H2;1H3. The maximum absolute atomic E-state index is 12.8. The molecule has 0 aromatic carbocycles. The number of alkyl halides is 1. The van der Waals surface area contributed by atoms with Crippen LogP contribution in [0.3, 0.4) is 0 Å². The Balaban J connectivity index is 0.000001000. The molecule has 0 aromatic rings. The van der Waals surface area contributed by atoms with Crippen LogP contribution in [0.5, 0.6) is 0 Å².